The second kappa shape index (κ2) is 6.00. The summed E-state index contributed by atoms with van der Waals surface area (Å²) < 4.78 is 0. The second-order valence-electron chi connectivity index (χ2n) is 3.96. The van der Waals surface area contributed by atoms with Crippen molar-refractivity contribution in [3.8, 4) is 0 Å². The quantitative estimate of drug-likeness (QED) is 0.747. The lowest BCUT2D eigenvalue weighted by molar-refractivity contribution is -0.124. The van der Waals surface area contributed by atoms with Crippen molar-refractivity contribution in [2.24, 2.45) is 5.73 Å². The Balaban J connectivity index is 2.54. The topological polar surface area (TPSA) is 81.4 Å². The van der Waals surface area contributed by atoms with E-state index < -0.39 is 11.8 Å². The summed E-state index contributed by atoms with van der Waals surface area (Å²) in [6, 6.07) is 7.18. The van der Waals surface area contributed by atoms with Crippen LogP contribution in [0.2, 0.25) is 0 Å². The number of benzene rings is 1. The molecule has 5 heteroatoms. The number of hydrogen-bond acceptors (Lipinski definition) is 3. The molecule has 0 aromatic heterocycles. The molecule has 92 valence electrons. The molecule has 0 spiro atoms. The molecular weight excluding hydrogens is 220 g/mol. The summed E-state index contributed by atoms with van der Waals surface area (Å²) in [6.45, 7) is 3.81. The summed E-state index contributed by atoms with van der Waals surface area (Å²) in [5.41, 5.74) is 8.62. The first-order chi connectivity index (χ1) is 8.00. The van der Waals surface area contributed by atoms with Gasteiger partial charge in [-0.15, -0.1) is 0 Å². The van der Waals surface area contributed by atoms with Crippen molar-refractivity contribution in [3.63, 3.8) is 0 Å². The van der Waals surface area contributed by atoms with Crippen LogP contribution < -0.4 is 11.2 Å². The number of carbonyl (C=O) groups excluding carboxylic acids is 2. The van der Waals surface area contributed by atoms with E-state index in [-0.39, 0.29) is 6.61 Å². The predicted octanol–water partition coefficient (Wildman–Crippen LogP) is 0.957. The smallest absolute Gasteiger partial charge is 0.274 e. The van der Waals surface area contributed by atoms with Gasteiger partial charge >= 0.3 is 0 Å². The van der Waals surface area contributed by atoms with Gasteiger partial charge in [-0.2, -0.15) is 0 Å². The van der Waals surface area contributed by atoms with Gasteiger partial charge in [-0.05, 0) is 23.6 Å². The third kappa shape index (κ3) is 4.24. The Bertz CT molecular complexity index is 399. The minimum absolute atomic E-state index is 0.337. The minimum atomic E-state index is -0.638. The summed E-state index contributed by atoms with van der Waals surface area (Å²) in [5.74, 6) is -0.625. The first-order valence-corrected chi connectivity index (χ1v) is 5.31. The maximum absolute atomic E-state index is 11.5. The van der Waals surface area contributed by atoms with E-state index in [0.29, 0.717) is 11.5 Å². The van der Waals surface area contributed by atoms with E-state index in [1.165, 1.54) is 0 Å². The molecule has 0 aliphatic rings. The standard InChI is InChI=1S/C12H16N2O3/c1-8(2)9-3-5-10(6-4-9)12(16)14-17-7-11(13)15/h3-6,8H,7H2,1-2H3,(H2,13,15)(H,14,16). The van der Waals surface area contributed by atoms with Gasteiger partial charge in [-0.1, -0.05) is 26.0 Å². The molecule has 1 rings (SSSR count). The number of nitrogens with one attached hydrogen (secondary N) is 1. The van der Waals surface area contributed by atoms with Crippen molar-refractivity contribution >= 4 is 11.8 Å². The molecule has 0 bridgehead atoms. The number of carbonyl (C=O) groups is 2. The van der Waals surface area contributed by atoms with E-state index in [9.17, 15) is 9.59 Å². The maximum Gasteiger partial charge on any atom is 0.274 e. The van der Waals surface area contributed by atoms with Crippen molar-refractivity contribution in [1.29, 1.82) is 0 Å². The molecule has 17 heavy (non-hydrogen) atoms. The summed E-state index contributed by atoms with van der Waals surface area (Å²) in [7, 11) is 0. The van der Waals surface area contributed by atoms with Gasteiger partial charge in [0.2, 0.25) is 5.91 Å². The summed E-state index contributed by atoms with van der Waals surface area (Å²) in [4.78, 5) is 26.5. The highest BCUT2D eigenvalue weighted by Crippen LogP contribution is 2.14. The van der Waals surface area contributed by atoms with Crippen LogP contribution in [0, 0.1) is 0 Å². The number of primary amides is 1. The maximum atomic E-state index is 11.5. The molecule has 0 heterocycles. The third-order valence-corrected chi connectivity index (χ3v) is 2.22. The highest BCUT2D eigenvalue weighted by Gasteiger charge is 2.06. The Morgan fingerprint density at radius 3 is 2.35 bits per heavy atom. The first-order valence-electron chi connectivity index (χ1n) is 5.31. The van der Waals surface area contributed by atoms with Gasteiger partial charge in [0, 0.05) is 5.56 Å². The third-order valence-electron chi connectivity index (χ3n) is 2.22. The van der Waals surface area contributed by atoms with Crippen LogP contribution in [0.15, 0.2) is 24.3 Å². The molecule has 5 nitrogen and oxygen atoms in total. The normalized spacial score (nSPS) is 10.3. The van der Waals surface area contributed by atoms with Crippen molar-refractivity contribution in [2.45, 2.75) is 19.8 Å². The number of amides is 2. The van der Waals surface area contributed by atoms with Crippen LogP contribution in [0.25, 0.3) is 0 Å². The molecule has 0 saturated carbocycles. The fourth-order valence-electron chi connectivity index (χ4n) is 1.25. The lowest BCUT2D eigenvalue weighted by atomic mass is 10.0. The number of hydrogen-bond donors (Lipinski definition) is 2. The van der Waals surface area contributed by atoms with Gasteiger partial charge in [-0.25, -0.2) is 5.48 Å². The zero-order chi connectivity index (χ0) is 12.8. The van der Waals surface area contributed by atoms with Crippen LogP contribution in [0.4, 0.5) is 0 Å². The SMILES string of the molecule is CC(C)c1ccc(C(=O)NOCC(N)=O)cc1. The Kier molecular flexibility index (Phi) is 4.66. The van der Waals surface area contributed by atoms with Gasteiger partial charge < -0.3 is 5.73 Å². The largest absolute Gasteiger partial charge is 0.368 e. The van der Waals surface area contributed by atoms with E-state index in [2.05, 4.69) is 24.2 Å². The molecule has 0 atom stereocenters. The van der Waals surface area contributed by atoms with E-state index in [0.717, 1.165) is 5.56 Å². The van der Waals surface area contributed by atoms with Crippen molar-refractivity contribution in [2.75, 3.05) is 6.61 Å². The van der Waals surface area contributed by atoms with E-state index in [4.69, 9.17) is 5.73 Å². The van der Waals surface area contributed by atoms with E-state index in [1.807, 2.05) is 12.1 Å². The van der Waals surface area contributed by atoms with Gasteiger partial charge in [0.05, 0.1) is 0 Å². The van der Waals surface area contributed by atoms with Crippen LogP contribution in [-0.2, 0) is 9.63 Å². The van der Waals surface area contributed by atoms with Crippen LogP contribution in [0.3, 0.4) is 0 Å². The van der Waals surface area contributed by atoms with Gasteiger partial charge in [0.1, 0.15) is 0 Å². The Hall–Kier alpha value is -1.88. The number of nitrogens with two attached hydrogens (primary N) is 1. The molecule has 0 fully saturated rings. The lowest BCUT2D eigenvalue weighted by Gasteiger charge is -2.07. The van der Waals surface area contributed by atoms with Crippen molar-refractivity contribution < 1.29 is 14.4 Å². The average molecular weight is 236 g/mol. The molecule has 1 aromatic rings. The van der Waals surface area contributed by atoms with Crippen LogP contribution >= 0.6 is 0 Å². The Morgan fingerprint density at radius 2 is 1.88 bits per heavy atom. The first kappa shape index (κ1) is 13.2. The van der Waals surface area contributed by atoms with Crippen molar-refractivity contribution in [3.05, 3.63) is 35.4 Å². The van der Waals surface area contributed by atoms with Crippen molar-refractivity contribution in [1.82, 2.24) is 5.48 Å². The Labute approximate surface area is 99.9 Å². The predicted molar refractivity (Wildman–Crippen MR) is 63.1 cm³/mol. The van der Waals surface area contributed by atoms with Gasteiger partial charge in [0.25, 0.3) is 5.91 Å². The molecule has 1 aromatic carbocycles. The average Bonchev–Trinajstić information content (AvgIpc) is 2.28. The van der Waals surface area contributed by atoms with Gasteiger partial charge in [0.15, 0.2) is 6.61 Å². The molecule has 0 aliphatic heterocycles. The molecule has 3 N–H and O–H groups in total. The van der Waals surface area contributed by atoms with E-state index >= 15 is 0 Å². The molecule has 0 saturated heterocycles. The number of rotatable bonds is 5. The second-order valence-corrected chi connectivity index (χ2v) is 3.96. The fraction of sp³-hybridized carbons (Fsp3) is 0.333. The number of hydroxylamine groups is 1. The summed E-state index contributed by atoms with van der Waals surface area (Å²) in [6.07, 6.45) is 0. The minimum Gasteiger partial charge on any atom is -0.368 e. The zero-order valence-corrected chi connectivity index (χ0v) is 9.90. The molecule has 0 unspecified atom stereocenters. The van der Waals surface area contributed by atoms with Crippen LogP contribution in [-0.4, -0.2) is 18.4 Å². The monoisotopic (exact) mass is 236 g/mol. The zero-order valence-electron chi connectivity index (χ0n) is 9.90. The molecule has 0 aliphatic carbocycles. The Morgan fingerprint density at radius 1 is 1.29 bits per heavy atom. The lowest BCUT2D eigenvalue weighted by Crippen LogP contribution is -2.29. The highest BCUT2D eigenvalue weighted by atomic mass is 16.7. The van der Waals surface area contributed by atoms with Crippen LogP contribution in [0.5, 0.6) is 0 Å². The van der Waals surface area contributed by atoms with Crippen LogP contribution in [0.1, 0.15) is 35.7 Å². The fourth-order valence-corrected chi connectivity index (χ4v) is 1.25. The summed E-state index contributed by atoms with van der Waals surface area (Å²) in [5, 5.41) is 0. The molecule has 0 radical (unpaired) electrons. The van der Waals surface area contributed by atoms with Gasteiger partial charge in [-0.3, -0.25) is 14.4 Å². The summed E-state index contributed by atoms with van der Waals surface area (Å²) >= 11 is 0. The molecular formula is C12H16N2O3. The highest BCUT2D eigenvalue weighted by molar-refractivity contribution is 5.93. The van der Waals surface area contributed by atoms with E-state index in [1.54, 1.807) is 12.1 Å². The molecule has 2 amide bonds.